The molecule has 0 aliphatic heterocycles. The van der Waals surface area contributed by atoms with Crippen molar-refractivity contribution >= 4 is 24.0 Å². The first-order valence-electron chi connectivity index (χ1n) is 8.93. The fraction of sp³-hybridized carbons (Fsp3) is 0.684. The van der Waals surface area contributed by atoms with Crippen LogP contribution in [0.15, 0.2) is 12.1 Å². The molecule has 1 aromatic carbocycles. The van der Waals surface area contributed by atoms with Crippen molar-refractivity contribution in [1.82, 2.24) is 0 Å². The Morgan fingerprint density at radius 1 is 1.17 bits per heavy atom. The summed E-state index contributed by atoms with van der Waals surface area (Å²) < 4.78 is 11.8. The van der Waals surface area contributed by atoms with Gasteiger partial charge in [-0.2, -0.15) is 0 Å². The van der Waals surface area contributed by atoms with Crippen LogP contribution in [0.25, 0.3) is 0 Å². The molecule has 0 aromatic heterocycles. The van der Waals surface area contributed by atoms with Crippen LogP contribution in [-0.4, -0.2) is 19.3 Å². The van der Waals surface area contributed by atoms with E-state index in [1.807, 2.05) is 6.07 Å². The highest BCUT2D eigenvalue weighted by Gasteiger charge is 2.24. The molecule has 3 rings (SSSR count). The maximum Gasteiger partial charge on any atom is 0.141 e. The topological polar surface area (TPSA) is 44.5 Å². The van der Waals surface area contributed by atoms with E-state index >= 15 is 0 Å². The molecule has 1 unspecified atom stereocenters. The van der Waals surface area contributed by atoms with Gasteiger partial charge in [-0.1, -0.05) is 18.5 Å². The number of hydrogen-bond donors (Lipinski definition) is 1. The van der Waals surface area contributed by atoms with Crippen LogP contribution < -0.4 is 10.5 Å². The minimum absolute atomic E-state index is 0. The lowest BCUT2D eigenvalue weighted by molar-refractivity contribution is 0.111. The summed E-state index contributed by atoms with van der Waals surface area (Å²) in [4.78, 5) is 0. The molecule has 0 amide bonds. The van der Waals surface area contributed by atoms with Crippen LogP contribution in [0.1, 0.15) is 50.2 Å². The normalized spacial score (nSPS) is 18.1. The van der Waals surface area contributed by atoms with Gasteiger partial charge >= 0.3 is 0 Å². The van der Waals surface area contributed by atoms with Gasteiger partial charge in [-0.15, -0.1) is 12.4 Å². The number of nitrogens with two attached hydrogens (primary N) is 1. The minimum atomic E-state index is 0. The molecule has 1 atom stereocenters. The van der Waals surface area contributed by atoms with Gasteiger partial charge in [0.25, 0.3) is 0 Å². The average molecular weight is 374 g/mol. The van der Waals surface area contributed by atoms with Crippen LogP contribution in [0.3, 0.4) is 0 Å². The molecule has 136 valence electrons. The number of ether oxygens (including phenoxy) is 2. The Labute approximate surface area is 156 Å². The first kappa shape index (κ1) is 19.8. The van der Waals surface area contributed by atoms with E-state index in [2.05, 4.69) is 13.0 Å². The van der Waals surface area contributed by atoms with E-state index in [0.717, 1.165) is 48.8 Å². The fourth-order valence-corrected chi connectivity index (χ4v) is 2.97. The molecule has 2 fully saturated rings. The molecule has 0 heterocycles. The van der Waals surface area contributed by atoms with Gasteiger partial charge < -0.3 is 15.2 Å². The van der Waals surface area contributed by atoms with Crippen molar-refractivity contribution in [3.05, 3.63) is 28.3 Å². The van der Waals surface area contributed by atoms with Gasteiger partial charge in [0, 0.05) is 12.6 Å². The second-order valence-corrected chi connectivity index (χ2v) is 7.56. The smallest absolute Gasteiger partial charge is 0.141 e. The van der Waals surface area contributed by atoms with E-state index in [4.69, 9.17) is 26.8 Å². The van der Waals surface area contributed by atoms with Crippen molar-refractivity contribution in [2.75, 3.05) is 13.2 Å². The summed E-state index contributed by atoms with van der Waals surface area (Å²) in [7, 11) is 0. The molecule has 2 aliphatic carbocycles. The first-order valence-corrected chi connectivity index (χ1v) is 9.31. The van der Waals surface area contributed by atoms with Gasteiger partial charge in [-0.3, -0.25) is 0 Å². The third kappa shape index (κ3) is 6.11. The van der Waals surface area contributed by atoms with E-state index in [1.54, 1.807) is 0 Å². The van der Waals surface area contributed by atoms with Crippen molar-refractivity contribution in [2.45, 2.75) is 58.1 Å². The number of hydrogen-bond acceptors (Lipinski definition) is 3. The predicted octanol–water partition coefficient (Wildman–Crippen LogP) is 4.76. The number of rotatable bonds is 10. The Bertz CT molecular complexity index is 530. The van der Waals surface area contributed by atoms with Crippen LogP contribution in [0, 0.1) is 11.8 Å². The number of benzene rings is 1. The van der Waals surface area contributed by atoms with Crippen LogP contribution in [0.2, 0.25) is 5.02 Å². The Morgan fingerprint density at radius 2 is 1.83 bits per heavy atom. The molecule has 1 aromatic rings. The first-order chi connectivity index (χ1) is 11.2. The Morgan fingerprint density at radius 3 is 2.46 bits per heavy atom. The summed E-state index contributed by atoms with van der Waals surface area (Å²) in [5, 5.41) is 0.691. The molecule has 5 heteroatoms. The third-order valence-corrected chi connectivity index (χ3v) is 4.95. The molecule has 2 N–H and O–H groups in total. The monoisotopic (exact) mass is 373 g/mol. The average Bonchev–Trinajstić information content (AvgIpc) is 3.41. The van der Waals surface area contributed by atoms with E-state index in [1.165, 1.54) is 25.7 Å². The van der Waals surface area contributed by atoms with Gasteiger partial charge in [0.2, 0.25) is 0 Å². The van der Waals surface area contributed by atoms with E-state index in [-0.39, 0.29) is 18.4 Å². The van der Waals surface area contributed by atoms with Crippen LogP contribution in [0.5, 0.6) is 5.75 Å². The maximum absolute atomic E-state index is 6.50. The Kier molecular flexibility index (Phi) is 7.67. The van der Waals surface area contributed by atoms with Crippen molar-refractivity contribution < 1.29 is 9.47 Å². The largest absolute Gasteiger partial charge is 0.491 e. The third-order valence-electron chi connectivity index (χ3n) is 4.67. The van der Waals surface area contributed by atoms with E-state index in [0.29, 0.717) is 17.5 Å². The van der Waals surface area contributed by atoms with Gasteiger partial charge in [0.15, 0.2) is 0 Å². The second kappa shape index (κ2) is 9.28. The zero-order valence-corrected chi connectivity index (χ0v) is 16.0. The van der Waals surface area contributed by atoms with Crippen LogP contribution in [0.4, 0.5) is 0 Å². The summed E-state index contributed by atoms with van der Waals surface area (Å²) in [6.07, 6.45) is 6.91. The lowest BCUT2D eigenvalue weighted by Gasteiger charge is -2.17. The van der Waals surface area contributed by atoms with E-state index < -0.39 is 0 Å². The molecule has 0 radical (unpaired) electrons. The summed E-state index contributed by atoms with van der Waals surface area (Å²) >= 11 is 6.50. The van der Waals surface area contributed by atoms with Crippen molar-refractivity contribution in [2.24, 2.45) is 17.6 Å². The van der Waals surface area contributed by atoms with Crippen molar-refractivity contribution in [3.8, 4) is 5.75 Å². The summed E-state index contributed by atoms with van der Waals surface area (Å²) in [6.45, 7) is 4.36. The summed E-state index contributed by atoms with van der Waals surface area (Å²) in [5.41, 5.74) is 8.40. The highest BCUT2D eigenvalue weighted by Crippen LogP contribution is 2.35. The number of halogens is 2. The Balaban J connectivity index is 0.00000208. The van der Waals surface area contributed by atoms with Gasteiger partial charge in [0.05, 0.1) is 18.2 Å². The molecular formula is C19H29Cl2NO2. The van der Waals surface area contributed by atoms with Crippen molar-refractivity contribution in [1.29, 1.82) is 0 Å². The maximum atomic E-state index is 6.50. The molecule has 0 bridgehead atoms. The highest BCUT2D eigenvalue weighted by molar-refractivity contribution is 6.32. The zero-order valence-electron chi connectivity index (χ0n) is 14.4. The van der Waals surface area contributed by atoms with Crippen molar-refractivity contribution in [3.63, 3.8) is 0 Å². The summed E-state index contributed by atoms with van der Waals surface area (Å²) in [5.74, 6) is 2.31. The van der Waals surface area contributed by atoms with E-state index in [9.17, 15) is 0 Å². The molecule has 2 aliphatic rings. The van der Waals surface area contributed by atoms with Crippen LogP contribution >= 0.6 is 24.0 Å². The minimum Gasteiger partial charge on any atom is -0.491 e. The lowest BCUT2D eigenvalue weighted by Crippen LogP contribution is -2.22. The van der Waals surface area contributed by atoms with Crippen LogP contribution in [-0.2, 0) is 17.8 Å². The molecular weight excluding hydrogens is 345 g/mol. The Hall–Kier alpha value is -0.480. The predicted molar refractivity (Wildman–Crippen MR) is 101 cm³/mol. The standard InChI is InChI=1S/C19H28ClNO2.ClH/c1-2-17(21)9-16-7-15(11-22-10-13-3-4-13)8-18(20)19(16)23-12-14-5-6-14;/h7-8,13-14,17H,2-6,9-12,21H2,1H3;1H. The van der Waals surface area contributed by atoms with Gasteiger partial charge in [-0.05, 0) is 73.6 Å². The highest BCUT2D eigenvalue weighted by atomic mass is 35.5. The summed E-state index contributed by atoms with van der Waals surface area (Å²) in [6, 6.07) is 4.28. The molecule has 0 spiro atoms. The molecule has 3 nitrogen and oxygen atoms in total. The zero-order chi connectivity index (χ0) is 16.2. The fourth-order valence-electron chi connectivity index (χ4n) is 2.65. The molecule has 0 saturated heterocycles. The molecule has 2 saturated carbocycles. The second-order valence-electron chi connectivity index (χ2n) is 7.15. The quantitative estimate of drug-likeness (QED) is 0.642. The molecule has 24 heavy (non-hydrogen) atoms. The SMILES string of the molecule is CCC(N)Cc1cc(COCC2CC2)cc(Cl)c1OCC1CC1.Cl. The lowest BCUT2D eigenvalue weighted by atomic mass is 10.0. The van der Waals surface area contributed by atoms with Gasteiger partial charge in [-0.25, -0.2) is 0 Å². The van der Waals surface area contributed by atoms with Gasteiger partial charge in [0.1, 0.15) is 5.75 Å².